The van der Waals surface area contributed by atoms with Crippen LogP contribution in [0, 0.1) is 11.6 Å². The molecule has 0 spiro atoms. The van der Waals surface area contributed by atoms with Crippen molar-refractivity contribution in [1.82, 2.24) is 0 Å². The van der Waals surface area contributed by atoms with Crippen molar-refractivity contribution in [2.45, 2.75) is 0 Å². The maximum atomic E-state index is 13.6. The molecular formula is C19H16F2N2O. The van der Waals surface area contributed by atoms with Crippen LogP contribution in [0.15, 0.2) is 60.7 Å². The Morgan fingerprint density at radius 3 is 2.50 bits per heavy atom. The lowest BCUT2D eigenvalue weighted by Gasteiger charge is -2.19. The summed E-state index contributed by atoms with van der Waals surface area (Å²) in [7, 11) is 1.78. The standard InChI is InChI=1S/C19H16F2N2O/c1-23(16-8-6-13-4-2-3-5-14(13)10-16)12-19(24)22-18-9-7-15(20)11-17(18)21/h2-11H,12H2,1H3,(H,22,24). The highest BCUT2D eigenvalue weighted by atomic mass is 19.1. The molecule has 0 saturated heterocycles. The van der Waals surface area contributed by atoms with Gasteiger partial charge in [-0.25, -0.2) is 8.78 Å². The molecule has 24 heavy (non-hydrogen) atoms. The molecule has 3 nitrogen and oxygen atoms in total. The largest absolute Gasteiger partial charge is 0.365 e. The Morgan fingerprint density at radius 2 is 1.75 bits per heavy atom. The zero-order chi connectivity index (χ0) is 17.1. The van der Waals surface area contributed by atoms with E-state index in [2.05, 4.69) is 5.32 Å². The predicted molar refractivity (Wildman–Crippen MR) is 92.2 cm³/mol. The van der Waals surface area contributed by atoms with Gasteiger partial charge in [0.25, 0.3) is 0 Å². The molecule has 5 heteroatoms. The van der Waals surface area contributed by atoms with Crippen molar-refractivity contribution >= 4 is 28.1 Å². The minimum absolute atomic E-state index is 0.0340. The van der Waals surface area contributed by atoms with Crippen LogP contribution in [0.2, 0.25) is 0 Å². The van der Waals surface area contributed by atoms with E-state index in [1.54, 1.807) is 11.9 Å². The molecule has 0 aromatic heterocycles. The van der Waals surface area contributed by atoms with E-state index in [0.717, 1.165) is 28.6 Å². The Morgan fingerprint density at radius 1 is 1.00 bits per heavy atom. The van der Waals surface area contributed by atoms with Crippen LogP contribution >= 0.6 is 0 Å². The Kier molecular flexibility index (Phi) is 4.42. The van der Waals surface area contributed by atoms with Crippen LogP contribution in [-0.4, -0.2) is 19.5 Å². The summed E-state index contributed by atoms with van der Waals surface area (Å²) in [6, 6.07) is 16.9. The summed E-state index contributed by atoms with van der Waals surface area (Å²) in [6.07, 6.45) is 0. The van der Waals surface area contributed by atoms with Gasteiger partial charge in [0.05, 0.1) is 12.2 Å². The number of benzene rings is 3. The number of halogens is 2. The minimum atomic E-state index is -0.795. The predicted octanol–water partition coefficient (Wildman–Crippen LogP) is 4.19. The highest BCUT2D eigenvalue weighted by Gasteiger charge is 2.11. The fourth-order valence-electron chi connectivity index (χ4n) is 2.50. The Bertz CT molecular complexity index is 895. The molecule has 3 aromatic carbocycles. The minimum Gasteiger partial charge on any atom is -0.365 e. The third kappa shape index (κ3) is 3.51. The van der Waals surface area contributed by atoms with Crippen molar-refractivity contribution in [3.05, 3.63) is 72.3 Å². The van der Waals surface area contributed by atoms with Crippen molar-refractivity contribution in [2.24, 2.45) is 0 Å². The molecule has 0 fully saturated rings. The van der Waals surface area contributed by atoms with Crippen molar-refractivity contribution < 1.29 is 13.6 Å². The molecule has 0 aliphatic heterocycles. The van der Waals surface area contributed by atoms with E-state index < -0.39 is 11.6 Å². The van der Waals surface area contributed by atoms with Crippen LogP contribution in [0.4, 0.5) is 20.2 Å². The number of nitrogens with zero attached hydrogens (tertiary/aromatic N) is 1. The molecule has 1 amide bonds. The number of rotatable bonds is 4. The summed E-state index contributed by atoms with van der Waals surface area (Å²) in [5.41, 5.74) is 0.844. The normalized spacial score (nSPS) is 10.6. The number of hydrogen-bond acceptors (Lipinski definition) is 2. The van der Waals surface area contributed by atoms with Gasteiger partial charge in [0, 0.05) is 18.8 Å². The second-order valence-corrected chi connectivity index (χ2v) is 5.56. The molecule has 0 atom stereocenters. The van der Waals surface area contributed by atoms with E-state index in [-0.39, 0.29) is 18.1 Å². The van der Waals surface area contributed by atoms with Crippen LogP contribution in [0.1, 0.15) is 0 Å². The first-order valence-corrected chi connectivity index (χ1v) is 7.48. The molecule has 122 valence electrons. The van der Waals surface area contributed by atoms with Crippen molar-refractivity contribution in [1.29, 1.82) is 0 Å². The van der Waals surface area contributed by atoms with Crippen LogP contribution in [-0.2, 0) is 4.79 Å². The fraction of sp³-hybridized carbons (Fsp3) is 0.105. The van der Waals surface area contributed by atoms with Gasteiger partial charge in [0.15, 0.2) is 0 Å². The first-order chi connectivity index (χ1) is 11.5. The number of carbonyl (C=O) groups excluding carboxylic acids is 1. The number of fused-ring (bicyclic) bond motifs is 1. The summed E-state index contributed by atoms with van der Waals surface area (Å²) < 4.78 is 26.5. The Hall–Kier alpha value is -2.95. The molecule has 0 radical (unpaired) electrons. The second-order valence-electron chi connectivity index (χ2n) is 5.56. The van der Waals surface area contributed by atoms with Crippen LogP contribution in [0.5, 0.6) is 0 Å². The highest BCUT2D eigenvalue weighted by molar-refractivity contribution is 5.94. The highest BCUT2D eigenvalue weighted by Crippen LogP contribution is 2.21. The molecule has 0 unspecified atom stereocenters. The van der Waals surface area contributed by atoms with Crippen LogP contribution in [0.3, 0.4) is 0 Å². The monoisotopic (exact) mass is 326 g/mol. The number of carbonyl (C=O) groups is 1. The van der Waals surface area contributed by atoms with Gasteiger partial charge in [0.2, 0.25) is 5.91 Å². The van der Waals surface area contributed by atoms with E-state index in [0.29, 0.717) is 0 Å². The van der Waals surface area contributed by atoms with Gasteiger partial charge in [-0.1, -0.05) is 30.3 Å². The molecule has 0 saturated carbocycles. The van der Waals surface area contributed by atoms with Crippen molar-refractivity contribution in [3.63, 3.8) is 0 Å². The molecule has 3 aromatic rings. The Balaban J connectivity index is 1.70. The number of anilines is 2. The van der Waals surface area contributed by atoms with Crippen molar-refractivity contribution in [2.75, 3.05) is 23.8 Å². The summed E-state index contributed by atoms with van der Waals surface area (Å²) in [5, 5.41) is 4.65. The van der Waals surface area contributed by atoms with Gasteiger partial charge in [-0.15, -0.1) is 0 Å². The molecule has 0 aliphatic rings. The average Bonchev–Trinajstić information content (AvgIpc) is 2.57. The smallest absolute Gasteiger partial charge is 0.243 e. The second kappa shape index (κ2) is 6.66. The summed E-state index contributed by atoms with van der Waals surface area (Å²) in [5.74, 6) is -1.85. The van der Waals surface area contributed by atoms with Gasteiger partial charge in [-0.2, -0.15) is 0 Å². The lowest BCUT2D eigenvalue weighted by atomic mass is 10.1. The number of nitrogens with one attached hydrogen (secondary N) is 1. The lowest BCUT2D eigenvalue weighted by Crippen LogP contribution is -2.30. The van der Waals surface area contributed by atoms with Crippen molar-refractivity contribution in [3.8, 4) is 0 Å². The number of likely N-dealkylation sites (N-methyl/N-ethyl adjacent to an activating group) is 1. The average molecular weight is 326 g/mol. The van der Waals surface area contributed by atoms with Gasteiger partial charge < -0.3 is 10.2 Å². The summed E-state index contributed by atoms with van der Waals surface area (Å²) in [6.45, 7) is 0.0508. The third-order valence-corrected chi connectivity index (χ3v) is 3.76. The van der Waals surface area contributed by atoms with E-state index in [4.69, 9.17) is 0 Å². The van der Waals surface area contributed by atoms with Crippen LogP contribution in [0.25, 0.3) is 10.8 Å². The maximum Gasteiger partial charge on any atom is 0.243 e. The van der Waals surface area contributed by atoms with Gasteiger partial charge in [-0.3, -0.25) is 4.79 Å². The zero-order valence-electron chi connectivity index (χ0n) is 13.1. The molecular weight excluding hydrogens is 310 g/mol. The van der Waals surface area contributed by atoms with Gasteiger partial charge >= 0.3 is 0 Å². The topological polar surface area (TPSA) is 32.3 Å². The molecule has 1 N–H and O–H groups in total. The Labute approximate surface area is 138 Å². The van der Waals surface area contributed by atoms with Gasteiger partial charge in [-0.05, 0) is 35.0 Å². The van der Waals surface area contributed by atoms with E-state index in [1.165, 1.54) is 6.07 Å². The summed E-state index contributed by atoms with van der Waals surface area (Å²) >= 11 is 0. The van der Waals surface area contributed by atoms with E-state index >= 15 is 0 Å². The molecule has 0 bridgehead atoms. The SMILES string of the molecule is CN(CC(=O)Nc1ccc(F)cc1F)c1ccc2ccccc2c1. The first-order valence-electron chi connectivity index (χ1n) is 7.48. The fourth-order valence-corrected chi connectivity index (χ4v) is 2.50. The first kappa shape index (κ1) is 15.9. The third-order valence-electron chi connectivity index (χ3n) is 3.76. The molecule has 0 aliphatic carbocycles. The zero-order valence-corrected chi connectivity index (χ0v) is 13.1. The number of hydrogen-bond donors (Lipinski definition) is 1. The lowest BCUT2D eigenvalue weighted by molar-refractivity contribution is -0.114. The van der Waals surface area contributed by atoms with Gasteiger partial charge in [0.1, 0.15) is 11.6 Å². The number of amides is 1. The summed E-state index contributed by atoms with van der Waals surface area (Å²) in [4.78, 5) is 13.9. The van der Waals surface area contributed by atoms with E-state index in [9.17, 15) is 13.6 Å². The quantitative estimate of drug-likeness (QED) is 0.779. The molecule has 0 heterocycles. The molecule has 3 rings (SSSR count). The van der Waals surface area contributed by atoms with E-state index in [1.807, 2.05) is 42.5 Å². The maximum absolute atomic E-state index is 13.6. The van der Waals surface area contributed by atoms with Crippen LogP contribution < -0.4 is 10.2 Å².